The molecule has 4 aromatic rings. The summed E-state index contributed by atoms with van der Waals surface area (Å²) >= 11 is 0. The van der Waals surface area contributed by atoms with Gasteiger partial charge in [-0.2, -0.15) is 0 Å². The Balaban J connectivity index is 2.04. The molecule has 0 bridgehead atoms. The Morgan fingerprint density at radius 3 is 2.15 bits per heavy atom. The van der Waals surface area contributed by atoms with Crippen LogP contribution in [0.15, 0.2) is 91.5 Å². The van der Waals surface area contributed by atoms with Crippen molar-refractivity contribution in [2.24, 2.45) is 0 Å². The molecule has 0 spiro atoms. The first-order valence-corrected chi connectivity index (χ1v) is 8.71. The summed E-state index contributed by atoms with van der Waals surface area (Å²) in [5, 5.41) is 3.31. The number of nitrogens with zero attached hydrogens (tertiary/aromatic N) is 2. The van der Waals surface area contributed by atoms with Crippen molar-refractivity contribution in [1.29, 1.82) is 0 Å². The molecule has 0 saturated carbocycles. The van der Waals surface area contributed by atoms with Crippen molar-refractivity contribution in [2.45, 2.75) is 0 Å². The van der Waals surface area contributed by atoms with Crippen LogP contribution in [0.4, 0.5) is 11.4 Å². The third-order valence-corrected chi connectivity index (χ3v) is 5.03. The summed E-state index contributed by atoms with van der Waals surface area (Å²) < 4.78 is 2.31. The van der Waals surface area contributed by atoms with Crippen LogP contribution in [-0.4, -0.2) is 4.57 Å². The lowest BCUT2D eigenvalue weighted by Crippen LogP contribution is -2.38. The molecule has 0 fully saturated rings. The molecule has 0 atom stereocenters. The van der Waals surface area contributed by atoms with Crippen molar-refractivity contribution < 1.29 is 0 Å². The summed E-state index contributed by atoms with van der Waals surface area (Å²) in [7, 11) is 0. The van der Waals surface area contributed by atoms with Crippen LogP contribution in [0.1, 0.15) is 0 Å². The summed E-state index contributed by atoms with van der Waals surface area (Å²) in [5.41, 5.74) is 5.64. The molecule has 0 amide bonds. The fourth-order valence-electron chi connectivity index (χ4n) is 3.95. The van der Waals surface area contributed by atoms with Crippen molar-refractivity contribution in [3.8, 4) is 5.69 Å². The lowest BCUT2D eigenvalue weighted by Gasteiger charge is -2.32. The zero-order chi connectivity index (χ0) is 17.7. The average Bonchev–Trinajstić information content (AvgIpc) is 3.01. The fourth-order valence-corrected chi connectivity index (χ4v) is 3.95. The molecule has 124 valence electrons. The molecular weight excluding hydrogens is 316 g/mol. The fraction of sp³-hybridized carbons (Fsp3) is 0. The second kappa shape index (κ2) is 5.50. The van der Waals surface area contributed by atoms with Crippen LogP contribution in [-0.2, 0) is 0 Å². The second-order valence-electron chi connectivity index (χ2n) is 6.43. The van der Waals surface area contributed by atoms with E-state index in [1.165, 1.54) is 10.9 Å². The summed E-state index contributed by atoms with van der Waals surface area (Å²) in [4.78, 5) is 2.27. The molecule has 2 nitrogen and oxygen atoms in total. The zero-order valence-electron chi connectivity index (χ0n) is 14.4. The topological polar surface area (TPSA) is 8.17 Å². The quantitative estimate of drug-likeness (QED) is 0.524. The first-order valence-electron chi connectivity index (χ1n) is 8.71. The number of aromatic nitrogens is 1. The molecule has 1 aliphatic rings. The van der Waals surface area contributed by atoms with E-state index >= 15 is 0 Å². The highest BCUT2D eigenvalue weighted by Gasteiger charge is 2.25. The van der Waals surface area contributed by atoms with Gasteiger partial charge in [0.2, 0.25) is 0 Å². The van der Waals surface area contributed by atoms with Crippen molar-refractivity contribution in [3.63, 3.8) is 0 Å². The lowest BCUT2D eigenvalue weighted by atomic mass is 10.1. The van der Waals surface area contributed by atoms with E-state index in [0.29, 0.717) is 0 Å². The van der Waals surface area contributed by atoms with Gasteiger partial charge in [-0.15, -0.1) is 0 Å². The standard InChI is InChI=1S/C24H18N2/c1-3-20-24-17(2)19-13-7-8-14-21(19)26(24)23-16-10-9-15-22(23)25(20)18-11-5-4-6-12-18/h3-16H,1-2H2. The molecule has 3 aromatic carbocycles. The molecule has 0 unspecified atom stereocenters. The zero-order valence-corrected chi connectivity index (χ0v) is 14.4. The molecule has 0 saturated heterocycles. The van der Waals surface area contributed by atoms with Gasteiger partial charge in [0, 0.05) is 16.3 Å². The third-order valence-electron chi connectivity index (χ3n) is 5.03. The third kappa shape index (κ3) is 1.87. The van der Waals surface area contributed by atoms with Gasteiger partial charge in [-0.1, -0.05) is 61.7 Å². The van der Waals surface area contributed by atoms with Crippen LogP contribution in [0, 0.1) is 0 Å². The van der Waals surface area contributed by atoms with Crippen molar-refractivity contribution in [3.05, 3.63) is 102 Å². The highest BCUT2D eigenvalue weighted by Crippen LogP contribution is 2.37. The molecular formula is C24H18N2. The smallest absolute Gasteiger partial charge is 0.0777 e. The maximum atomic E-state index is 4.41. The monoisotopic (exact) mass is 334 g/mol. The van der Waals surface area contributed by atoms with Gasteiger partial charge in [-0.25, -0.2) is 0 Å². The van der Waals surface area contributed by atoms with Gasteiger partial charge in [0.1, 0.15) is 0 Å². The van der Waals surface area contributed by atoms with E-state index in [2.05, 4.69) is 95.4 Å². The van der Waals surface area contributed by atoms with Crippen LogP contribution >= 0.6 is 0 Å². The Morgan fingerprint density at radius 1 is 0.731 bits per heavy atom. The summed E-state index contributed by atoms with van der Waals surface area (Å²) in [6.07, 6.45) is 1.93. The van der Waals surface area contributed by atoms with Crippen LogP contribution in [0.2, 0.25) is 0 Å². The SMILES string of the molecule is C=CC1=c2c(=C)c3ccccc3n2-c2ccccc2N1c1ccccc1. The highest BCUT2D eigenvalue weighted by atomic mass is 15.2. The summed E-state index contributed by atoms with van der Waals surface area (Å²) in [5.74, 6) is 0. The highest BCUT2D eigenvalue weighted by molar-refractivity contribution is 5.94. The molecule has 1 aliphatic heterocycles. The van der Waals surface area contributed by atoms with E-state index in [1.807, 2.05) is 12.1 Å². The maximum Gasteiger partial charge on any atom is 0.0777 e. The Labute approximate surface area is 152 Å². The van der Waals surface area contributed by atoms with E-state index < -0.39 is 0 Å². The van der Waals surface area contributed by atoms with Gasteiger partial charge in [-0.05, 0) is 36.4 Å². The minimum atomic E-state index is 1.03. The molecule has 0 radical (unpaired) electrons. The van der Waals surface area contributed by atoms with Gasteiger partial charge in [0.05, 0.1) is 27.9 Å². The van der Waals surface area contributed by atoms with E-state index in [1.54, 1.807) is 0 Å². The first kappa shape index (κ1) is 14.8. The van der Waals surface area contributed by atoms with E-state index in [0.717, 1.165) is 33.3 Å². The Bertz CT molecular complexity index is 1260. The maximum absolute atomic E-state index is 4.41. The molecule has 1 aromatic heterocycles. The molecule has 0 aliphatic carbocycles. The number of benzene rings is 3. The molecule has 26 heavy (non-hydrogen) atoms. The average molecular weight is 334 g/mol. The number of anilines is 2. The molecule has 0 N–H and O–H groups in total. The first-order chi connectivity index (χ1) is 12.8. The van der Waals surface area contributed by atoms with Crippen LogP contribution in [0.25, 0.3) is 28.9 Å². The van der Waals surface area contributed by atoms with Gasteiger partial charge in [-0.3, -0.25) is 0 Å². The minimum absolute atomic E-state index is 1.03. The van der Waals surface area contributed by atoms with Gasteiger partial charge < -0.3 is 9.47 Å². The van der Waals surface area contributed by atoms with Crippen LogP contribution < -0.4 is 15.5 Å². The van der Waals surface area contributed by atoms with Crippen LogP contribution in [0.3, 0.4) is 0 Å². The molecule has 2 heteroatoms. The number of rotatable bonds is 2. The molecule has 5 rings (SSSR count). The Morgan fingerprint density at radius 2 is 1.38 bits per heavy atom. The van der Waals surface area contributed by atoms with Crippen molar-refractivity contribution >= 4 is 34.6 Å². The normalized spacial score (nSPS) is 12.8. The van der Waals surface area contributed by atoms with E-state index in [-0.39, 0.29) is 0 Å². The predicted octanol–water partition coefficient (Wildman–Crippen LogP) is 4.49. The minimum Gasteiger partial charge on any atom is -0.306 e. The summed E-state index contributed by atoms with van der Waals surface area (Å²) in [6, 6.07) is 27.3. The number of para-hydroxylation sites is 4. The predicted molar refractivity (Wildman–Crippen MR) is 110 cm³/mol. The second-order valence-corrected chi connectivity index (χ2v) is 6.43. The lowest BCUT2D eigenvalue weighted by molar-refractivity contribution is 1.02. The summed E-state index contributed by atoms with van der Waals surface area (Å²) in [6.45, 7) is 8.53. The van der Waals surface area contributed by atoms with Crippen molar-refractivity contribution in [2.75, 3.05) is 4.90 Å². The van der Waals surface area contributed by atoms with E-state index in [9.17, 15) is 0 Å². The largest absolute Gasteiger partial charge is 0.306 e. The van der Waals surface area contributed by atoms with E-state index in [4.69, 9.17) is 0 Å². The van der Waals surface area contributed by atoms with Gasteiger partial charge in [0.25, 0.3) is 0 Å². The van der Waals surface area contributed by atoms with Gasteiger partial charge in [0.15, 0.2) is 0 Å². The van der Waals surface area contributed by atoms with Crippen LogP contribution in [0.5, 0.6) is 0 Å². The Hall–Kier alpha value is -3.52. The Kier molecular flexibility index (Phi) is 3.13. The number of hydrogen-bond donors (Lipinski definition) is 0. The number of hydrogen-bond acceptors (Lipinski definition) is 1. The molecule has 2 heterocycles. The van der Waals surface area contributed by atoms with Gasteiger partial charge >= 0.3 is 0 Å². The van der Waals surface area contributed by atoms with Crippen molar-refractivity contribution in [1.82, 2.24) is 4.57 Å². The number of fused-ring (bicyclic) bond motifs is 5.